The van der Waals surface area contributed by atoms with E-state index in [1.807, 2.05) is 12.1 Å². The highest BCUT2D eigenvalue weighted by atomic mass is 28.3. The van der Waals surface area contributed by atoms with Crippen LogP contribution in [-0.2, 0) is 17.4 Å². The number of hydrogen-bond donors (Lipinski definition) is 2. The average molecular weight is 254 g/mol. The van der Waals surface area contributed by atoms with Crippen LogP contribution in [0.25, 0.3) is 0 Å². The van der Waals surface area contributed by atoms with Crippen LogP contribution in [0.3, 0.4) is 0 Å². The summed E-state index contributed by atoms with van der Waals surface area (Å²) in [4.78, 5) is 9.00. The molecule has 0 saturated heterocycles. The van der Waals surface area contributed by atoms with Gasteiger partial charge in [-0.25, -0.2) is 0 Å². The van der Waals surface area contributed by atoms with E-state index >= 15 is 0 Å². The largest absolute Gasteiger partial charge is 0.481 e. The standard InChI is InChI=1S/C11H18OSi.C2H4O2/c1-13(2,3)9-11-7-5-4-6-10(11)8-12;1-2(3)4/h4-7,12H,8-9H2,1-3H3;1H3,(H,3,4). The van der Waals surface area contributed by atoms with Crippen LogP contribution in [0.1, 0.15) is 18.1 Å². The number of carboxylic acids is 1. The van der Waals surface area contributed by atoms with Gasteiger partial charge in [0.2, 0.25) is 0 Å². The fourth-order valence-electron chi connectivity index (χ4n) is 1.46. The van der Waals surface area contributed by atoms with Gasteiger partial charge in [0.25, 0.3) is 5.97 Å². The molecule has 3 nitrogen and oxygen atoms in total. The third kappa shape index (κ3) is 8.65. The molecule has 0 bridgehead atoms. The predicted molar refractivity (Wildman–Crippen MR) is 72.7 cm³/mol. The number of aliphatic carboxylic acids is 1. The van der Waals surface area contributed by atoms with Gasteiger partial charge in [-0.05, 0) is 17.2 Å². The molecule has 1 aromatic rings. The Balaban J connectivity index is 0.000000557. The molecule has 0 unspecified atom stereocenters. The van der Waals surface area contributed by atoms with E-state index in [0.29, 0.717) is 0 Å². The topological polar surface area (TPSA) is 57.5 Å². The van der Waals surface area contributed by atoms with Crippen molar-refractivity contribution in [3.05, 3.63) is 35.4 Å². The number of hydrogen-bond acceptors (Lipinski definition) is 2. The Morgan fingerprint density at radius 2 is 1.59 bits per heavy atom. The summed E-state index contributed by atoms with van der Waals surface area (Å²) in [5, 5.41) is 16.5. The lowest BCUT2D eigenvalue weighted by Gasteiger charge is -2.17. The van der Waals surface area contributed by atoms with Crippen LogP contribution in [0, 0.1) is 0 Å². The maximum atomic E-state index is 9.13. The molecule has 0 saturated carbocycles. The SMILES string of the molecule is CC(=O)O.C[Si](C)(C)Cc1ccccc1CO. The Morgan fingerprint density at radius 3 is 1.94 bits per heavy atom. The maximum absolute atomic E-state index is 9.13. The van der Waals surface area contributed by atoms with Crippen molar-refractivity contribution in [2.75, 3.05) is 0 Å². The van der Waals surface area contributed by atoms with Crippen LogP contribution in [0.15, 0.2) is 24.3 Å². The second-order valence-corrected chi connectivity index (χ2v) is 10.7. The van der Waals surface area contributed by atoms with Crippen molar-refractivity contribution in [3.63, 3.8) is 0 Å². The fraction of sp³-hybridized carbons (Fsp3) is 0.462. The number of aliphatic hydroxyl groups excluding tert-OH is 1. The fourth-order valence-corrected chi connectivity index (χ4v) is 2.94. The highest BCUT2D eigenvalue weighted by molar-refractivity contribution is 6.75. The molecule has 4 heteroatoms. The van der Waals surface area contributed by atoms with E-state index in [9.17, 15) is 0 Å². The Labute approximate surface area is 104 Å². The highest BCUT2D eigenvalue weighted by Gasteiger charge is 2.15. The summed E-state index contributed by atoms with van der Waals surface area (Å²) in [7, 11) is -1.06. The molecule has 0 amide bonds. The summed E-state index contributed by atoms with van der Waals surface area (Å²) in [6.07, 6.45) is 0. The molecule has 0 radical (unpaired) electrons. The van der Waals surface area contributed by atoms with E-state index in [2.05, 4.69) is 31.8 Å². The number of aliphatic hydroxyl groups is 1. The first-order chi connectivity index (χ1) is 7.76. The van der Waals surface area contributed by atoms with E-state index in [0.717, 1.165) is 18.5 Å². The summed E-state index contributed by atoms with van der Waals surface area (Å²) in [5.74, 6) is -0.833. The molecule has 1 aromatic carbocycles. The van der Waals surface area contributed by atoms with Crippen LogP contribution in [0.4, 0.5) is 0 Å². The Hall–Kier alpha value is -1.13. The zero-order valence-corrected chi connectivity index (χ0v) is 12.0. The molecule has 2 N–H and O–H groups in total. The van der Waals surface area contributed by atoms with Crippen molar-refractivity contribution in [2.45, 2.75) is 39.2 Å². The van der Waals surface area contributed by atoms with Gasteiger partial charge >= 0.3 is 0 Å². The van der Waals surface area contributed by atoms with Crippen molar-refractivity contribution < 1.29 is 15.0 Å². The number of carboxylic acid groups (broad SMARTS) is 1. The van der Waals surface area contributed by atoms with Gasteiger partial charge in [-0.1, -0.05) is 43.9 Å². The second-order valence-electron chi connectivity index (χ2n) is 5.18. The molecule has 0 fully saturated rings. The highest BCUT2D eigenvalue weighted by Crippen LogP contribution is 2.15. The van der Waals surface area contributed by atoms with Gasteiger partial charge in [-0.15, -0.1) is 0 Å². The van der Waals surface area contributed by atoms with Crippen LogP contribution in [0.2, 0.25) is 19.6 Å². The van der Waals surface area contributed by atoms with Gasteiger partial charge in [0.15, 0.2) is 0 Å². The lowest BCUT2D eigenvalue weighted by atomic mass is 10.1. The van der Waals surface area contributed by atoms with E-state index in [-0.39, 0.29) is 6.61 Å². The van der Waals surface area contributed by atoms with Crippen LogP contribution < -0.4 is 0 Å². The molecule has 0 atom stereocenters. The van der Waals surface area contributed by atoms with Gasteiger partial charge in [0.05, 0.1) is 6.61 Å². The lowest BCUT2D eigenvalue weighted by molar-refractivity contribution is -0.134. The van der Waals surface area contributed by atoms with Crippen molar-refractivity contribution in [1.29, 1.82) is 0 Å². The average Bonchev–Trinajstić information content (AvgIpc) is 2.15. The van der Waals surface area contributed by atoms with E-state index in [1.54, 1.807) is 0 Å². The number of benzene rings is 1. The van der Waals surface area contributed by atoms with Crippen molar-refractivity contribution in [3.8, 4) is 0 Å². The van der Waals surface area contributed by atoms with Crippen LogP contribution in [-0.4, -0.2) is 24.3 Å². The first-order valence-corrected chi connectivity index (χ1v) is 9.34. The normalized spacial score (nSPS) is 10.4. The van der Waals surface area contributed by atoms with E-state index in [1.165, 1.54) is 5.56 Å². The molecule has 0 heterocycles. The van der Waals surface area contributed by atoms with Gasteiger partial charge < -0.3 is 10.2 Å². The smallest absolute Gasteiger partial charge is 0.300 e. The van der Waals surface area contributed by atoms with Crippen molar-refractivity contribution in [1.82, 2.24) is 0 Å². The molecule has 17 heavy (non-hydrogen) atoms. The molecule has 0 aliphatic carbocycles. The first kappa shape index (κ1) is 15.9. The molecular formula is C13H22O3Si. The summed E-state index contributed by atoms with van der Waals surface area (Å²) >= 11 is 0. The zero-order valence-electron chi connectivity index (χ0n) is 11.0. The maximum Gasteiger partial charge on any atom is 0.300 e. The minimum absolute atomic E-state index is 0.167. The molecule has 0 aliphatic rings. The summed E-state index contributed by atoms with van der Waals surface area (Å²) < 4.78 is 0. The molecular weight excluding hydrogens is 232 g/mol. The monoisotopic (exact) mass is 254 g/mol. The van der Waals surface area contributed by atoms with Gasteiger partial charge in [0.1, 0.15) is 0 Å². The Kier molecular flexibility index (Phi) is 6.76. The molecule has 0 spiro atoms. The molecule has 0 aliphatic heterocycles. The third-order valence-electron chi connectivity index (χ3n) is 2.01. The van der Waals surface area contributed by atoms with E-state index in [4.69, 9.17) is 15.0 Å². The second kappa shape index (κ2) is 7.24. The zero-order chi connectivity index (χ0) is 13.5. The number of carbonyl (C=O) groups is 1. The minimum Gasteiger partial charge on any atom is -0.481 e. The summed E-state index contributed by atoms with van der Waals surface area (Å²) in [5.41, 5.74) is 2.41. The minimum atomic E-state index is -1.06. The van der Waals surface area contributed by atoms with Gasteiger partial charge in [-0.3, -0.25) is 4.79 Å². The quantitative estimate of drug-likeness (QED) is 0.815. The van der Waals surface area contributed by atoms with Gasteiger partial charge in [-0.2, -0.15) is 0 Å². The first-order valence-electron chi connectivity index (χ1n) is 5.63. The predicted octanol–water partition coefficient (Wildman–Crippen LogP) is 2.69. The molecule has 96 valence electrons. The molecule has 0 aromatic heterocycles. The summed E-state index contributed by atoms with van der Waals surface area (Å²) in [6, 6.07) is 9.33. The van der Waals surface area contributed by atoms with Crippen LogP contribution >= 0.6 is 0 Å². The summed E-state index contributed by atoms with van der Waals surface area (Å²) in [6.45, 7) is 8.30. The van der Waals surface area contributed by atoms with Crippen LogP contribution in [0.5, 0.6) is 0 Å². The third-order valence-corrected chi connectivity index (χ3v) is 3.45. The number of rotatable bonds is 3. The van der Waals surface area contributed by atoms with E-state index < -0.39 is 14.0 Å². The van der Waals surface area contributed by atoms with Crippen molar-refractivity contribution >= 4 is 14.0 Å². The molecule has 1 rings (SSSR count). The van der Waals surface area contributed by atoms with Gasteiger partial charge in [0, 0.05) is 15.0 Å². The lowest BCUT2D eigenvalue weighted by Crippen LogP contribution is -2.24. The van der Waals surface area contributed by atoms with Crippen molar-refractivity contribution in [2.24, 2.45) is 0 Å². The Bertz CT molecular complexity index is 352. The Morgan fingerprint density at radius 1 is 1.18 bits per heavy atom.